The zero-order valence-corrected chi connectivity index (χ0v) is 14.4. The molecular weight excluding hydrogens is 362 g/mol. The molecule has 1 heterocycles. The van der Waals surface area contributed by atoms with Gasteiger partial charge < -0.3 is 0 Å². The van der Waals surface area contributed by atoms with E-state index in [1.165, 1.54) is 23.5 Å². The van der Waals surface area contributed by atoms with Gasteiger partial charge >= 0.3 is 0 Å². The lowest BCUT2D eigenvalue weighted by molar-refractivity contribution is -0.384. The average Bonchev–Trinajstić information content (AvgIpc) is 3.02. The van der Waals surface area contributed by atoms with Gasteiger partial charge in [-0.25, -0.2) is 4.98 Å². The van der Waals surface area contributed by atoms with E-state index in [0.717, 1.165) is 22.9 Å². The maximum absolute atomic E-state index is 12.3. The van der Waals surface area contributed by atoms with Crippen LogP contribution in [0.1, 0.15) is 20.8 Å². The number of aromatic nitrogens is 1. The number of nitro groups is 1. The molecule has 126 valence electrons. The van der Waals surface area contributed by atoms with Crippen LogP contribution in [0, 0.1) is 10.1 Å². The first-order valence-corrected chi connectivity index (χ1v) is 8.46. The topological polar surface area (TPSA) is 85.1 Å². The normalized spacial score (nSPS) is 10.4. The van der Waals surface area contributed by atoms with Crippen molar-refractivity contribution in [3.8, 4) is 0 Å². The van der Waals surface area contributed by atoms with E-state index in [1.54, 1.807) is 6.20 Å². The Morgan fingerprint density at radius 1 is 1.24 bits per heavy atom. The number of benzene rings is 2. The minimum Gasteiger partial charge on any atom is -0.298 e. The summed E-state index contributed by atoms with van der Waals surface area (Å²) in [6.45, 7) is 0. The van der Waals surface area contributed by atoms with Crippen molar-refractivity contribution in [1.29, 1.82) is 0 Å². The van der Waals surface area contributed by atoms with Gasteiger partial charge in [-0.05, 0) is 17.7 Å². The highest BCUT2D eigenvalue weighted by Crippen LogP contribution is 2.26. The van der Waals surface area contributed by atoms with Gasteiger partial charge in [-0.15, -0.1) is 11.3 Å². The summed E-state index contributed by atoms with van der Waals surface area (Å²) >= 11 is 7.11. The highest BCUT2D eigenvalue weighted by atomic mass is 35.5. The summed E-state index contributed by atoms with van der Waals surface area (Å²) < 4.78 is 0. The van der Waals surface area contributed by atoms with Crippen LogP contribution in [0.3, 0.4) is 0 Å². The van der Waals surface area contributed by atoms with E-state index >= 15 is 0 Å². The lowest BCUT2D eigenvalue weighted by Gasteiger charge is -2.02. The Balaban J connectivity index is 1.71. The van der Waals surface area contributed by atoms with E-state index in [1.807, 2.05) is 30.3 Å². The molecule has 0 fully saturated rings. The largest absolute Gasteiger partial charge is 0.298 e. The maximum Gasteiger partial charge on any atom is 0.288 e. The van der Waals surface area contributed by atoms with Gasteiger partial charge in [0.25, 0.3) is 11.6 Å². The smallest absolute Gasteiger partial charge is 0.288 e. The molecule has 0 aliphatic heterocycles. The highest BCUT2D eigenvalue weighted by molar-refractivity contribution is 7.15. The number of amides is 1. The molecule has 0 unspecified atom stereocenters. The molecule has 2 aromatic carbocycles. The first-order valence-electron chi connectivity index (χ1n) is 7.27. The fourth-order valence-corrected chi connectivity index (χ4v) is 3.24. The lowest BCUT2D eigenvalue weighted by atomic mass is 10.1. The number of nitro benzene ring substituents is 1. The molecular formula is C17H12ClN3O3S. The second kappa shape index (κ2) is 7.42. The van der Waals surface area contributed by atoms with E-state index in [2.05, 4.69) is 10.3 Å². The second-order valence-corrected chi connectivity index (χ2v) is 6.69. The standard InChI is InChI=1S/C17H12ClN3O3S/c18-14-7-6-12(9-15(14)21(23)24)16(22)20-17-19-10-13(25-17)8-11-4-2-1-3-5-11/h1-7,9-10H,8H2,(H,19,20,22). The Kier molecular flexibility index (Phi) is 5.06. The molecule has 0 aliphatic carbocycles. The number of anilines is 1. The fraction of sp³-hybridized carbons (Fsp3) is 0.0588. The van der Waals surface area contributed by atoms with E-state index in [0.29, 0.717) is 5.13 Å². The Bertz CT molecular complexity index is 928. The van der Waals surface area contributed by atoms with Crippen molar-refractivity contribution in [1.82, 2.24) is 4.98 Å². The predicted octanol–water partition coefficient (Wildman–Crippen LogP) is 4.55. The van der Waals surface area contributed by atoms with Gasteiger partial charge in [-0.1, -0.05) is 41.9 Å². The Morgan fingerprint density at radius 3 is 2.72 bits per heavy atom. The van der Waals surface area contributed by atoms with Gasteiger partial charge in [0.1, 0.15) is 5.02 Å². The van der Waals surface area contributed by atoms with Gasteiger partial charge in [0, 0.05) is 29.1 Å². The van der Waals surface area contributed by atoms with Crippen molar-refractivity contribution >= 4 is 39.7 Å². The summed E-state index contributed by atoms with van der Waals surface area (Å²) in [7, 11) is 0. The molecule has 0 saturated heterocycles. The van der Waals surface area contributed by atoms with Crippen molar-refractivity contribution < 1.29 is 9.72 Å². The molecule has 1 aromatic heterocycles. The summed E-state index contributed by atoms with van der Waals surface area (Å²) in [5, 5.41) is 14.0. The van der Waals surface area contributed by atoms with Crippen molar-refractivity contribution in [2.24, 2.45) is 0 Å². The van der Waals surface area contributed by atoms with Crippen molar-refractivity contribution in [2.75, 3.05) is 5.32 Å². The van der Waals surface area contributed by atoms with E-state index in [-0.39, 0.29) is 16.3 Å². The van der Waals surface area contributed by atoms with Crippen LogP contribution in [0.5, 0.6) is 0 Å². The van der Waals surface area contributed by atoms with Gasteiger partial charge in [0.05, 0.1) is 4.92 Å². The number of carbonyl (C=O) groups excluding carboxylic acids is 1. The number of hydrogen-bond donors (Lipinski definition) is 1. The number of hydrogen-bond acceptors (Lipinski definition) is 5. The van der Waals surface area contributed by atoms with Crippen LogP contribution < -0.4 is 5.32 Å². The zero-order chi connectivity index (χ0) is 17.8. The SMILES string of the molecule is O=C(Nc1ncc(Cc2ccccc2)s1)c1ccc(Cl)c([N+](=O)[O-])c1. The van der Waals surface area contributed by atoms with Crippen LogP contribution in [0.4, 0.5) is 10.8 Å². The fourth-order valence-electron chi connectivity index (χ4n) is 2.21. The van der Waals surface area contributed by atoms with Crippen LogP contribution in [0.25, 0.3) is 0 Å². The summed E-state index contributed by atoms with van der Waals surface area (Å²) in [6, 6.07) is 13.8. The summed E-state index contributed by atoms with van der Waals surface area (Å²) in [5.41, 5.74) is 0.992. The lowest BCUT2D eigenvalue weighted by Crippen LogP contribution is -2.11. The molecule has 25 heavy (non-hydrogen) atoms. The quantitative estimate of drug-likeness (QED) is 0.525. The molecule has 0 radical (unpaired) electrons. The number of nitrogens with one attached hydrogen (secondary N) is 1. The van der Waals surface area contributed by atoms with Crippen LogP contribution in [-0.4, -0.2) is 15.8 Å². The maximum atomic E-state index is 12.3. The van der Waals surface area contributed by atoms with Crippen LogP contribution >= 0.6 is 22.9 Å². The number of carbonyl (C=O) groups is 1. The van der Waals surface area contributed by atoms with Crippen molar-refractivity contribution in [2.45, 2.75) is 6.42 Å². The highest BCUT2D eigenvalue weighted by Gasteiger charge is 2.17. The molecule has 0 bridgehead atoms. The third-order valence-corrected chi connectivity index (χ3v) is 4.63. The molecule has 1 amide bonds. The zero-order valence-electron chi connectivity index (χ0n) is 12.8. The van der Waals surface area contributed by atoms with E-state index in [4.69, 9.17) is 11.6 Å². The minimum absolute atomic E-state index is 0.0130. The van der Waals surface area contributed by atoms with E-state index < -0.39 is 10.8 Å². The minimum atomic E-state index is -0.625. The van der Waals surface area contributed by atoms with Gasteiger partial charge in [-0.3, -0.25) is 20.2 Å². The Labute approximate surface area is 152 Å². The number of nitrogens with zero attached hydrogens (tertiary/aromatic N) is 2. The average molecular weight is 374 g/mol. The molecule has 3 rings (SSSR count). The summed E-state index contributed by atoms with van der Waals surface area (Å²) in [6.07, 6.45) is 2.43. The van der Waals surface area contributed by atoms with E-state index in [9.17, 15) is 14.9 Å². The molecule has 3 aromatic rings. The van der Waals surface area contributed by atoms with Gasteiger partial charge in [0.15, 0.2) is 5.13 Å². The molecule has 8 heteroatoms. The molecule has 0 aliphatic rings. The molecule has 1 N–H and O–H groups in total. The van der Waals surface area contributed by atoms with Crippen LogP contribution in [0.2, 0.25) is 5.02 Å². The number of halogens is 1. The third-order valence-electron chi connectivity index (χ3n) is 3.40. The first kappa shape index (κ1) is 17.1. The molecule has 6 nitrogen and oxygen atoms in total. The number of thiazole rings is 1. The van der Waals surface area contributed by atoms with Gasteiger partial charge in [-0.2, -0.15) is 0 Å². The molecule has 0 spiro atoms. The van der Waals surface area contributed by atoms with Crippen LogP contribution in [0.15, 0.2) is 54.7 Å². The van der Waals surface area contributed by atoms with Gasteiger partial charge in [0.2, 0.25) is 0 Å². The first-order chi connectivity index (χ1) is 12.0. The number of rotatable bonds is 5. The molecule has 0 atom stereocenters. The monoisotopic (exact) mass is 373 g/mol. The summed E-state index contributed by atoms with van der Waals surface area (Å²) in [5.74, 6) is -0.472. The predicted molar refractivity (Wildman–Crippen MR) is 97.4 cm³/mol. The Morgan fingerprint density at radius 2 is 2.00 bits per heavy atom. The second-order valence-electron chi connectivity index (χ2n) is 5.17. The third kappa shape index (κ3) is 4.20. The van der Waals surface area contributed by atoms with Crippen molar-refractivity contribution in [3.05, 3.63) is 85.9 Å². The molecule has 0 saturated carbocycles. The van der Waals surface area contributed by atoms with Crippen LogP contribution in [-0.2, 0) is 6.42 Å². The Hall–Kier alpha value is -2.77. The van der Waals surface area contributed by atoms with Crippen molar-refractivity contribution in [3.63, 3.8) is 0 Å². The summed E-state index contributed by atoms with van der Waals surface area (Å²) in [4.78, 5) is 27.7.